The Morgan fingerprint density at radius 3 is 2.44 bits per heavy atom. The summed E-state index contributed by atoms with van der Waals surface area (Å²) in [4.78, 5) is 26.5. The lowest BCUT2D eigenvalue weighted by atomic mass is 9.80. The number of aromatic nitrogens is 3. The Morgan fingerprint density at radius 1 is 1.16 bits per heavy atom. The van der Waals surface area contributed by atoms with Crippen LogP contribution in [0.15, 0.2) is 46.3 Å². The SMILES string of the molecule is CC(C)(C)c1cc2cn(-c3ccc(CNCCCN=C(N)N)cc3)c(=O)nc2[nH]1.C[C@@H](CN)CN1CCC(C(C)(C)C)C1. The summed E-state index contributed by atoms with van der Waals surface area (Å²) in [5.41, 5.74) is 20.0. The Bertz CT molecular complexity index is 1370. The molecule has 0 radical (unpaired) electrons. The summed E-state index contributed by atoms with van der Waals surface area (Å²) in [6.45, 7) is 22.4. The Balaban J connectivity index is 0.000000303. The maximum absolute atomic E-state index is 12.5. The molecule has 10 heteroatoms. The van der Waals surface area contributed by atoms with E-state index in [1.54, 1.807) is 4.57 Å². The van der Waals surface area contributed by atoms with Gasteiger partial charge in [0.2, 0.25) is 0 Å². The summed E-state index contributed by atoms with van der Waals surface area (Å²) >= 11 is 0. The smallest absolute Gasteiger partial charge is 0.354 e. The van der Waals surface area contributed by atoms with Crippen molar-refractivity contribution in [2.75, 3.05) is 39.3 Å². The van der Waals surface area contributed by atoms with Crippen LogP contribution in [-0.4, -0.2) is 64.7 Å². The van der Waals surface area contributed by atoms with E-state index >= 15 is 0 Å². The van der Waals surface area contributed by atoms with E-state index in [1.807, 2.05) is 30.5 Å². The molecule has 1 aliphatic rings. The molecular weight excluding hydrogens is 538 g/mol. The lowest BCUT2D eigenvalue weighted by Gasteiger charge is -2.27. The van der Waals surface area contributed by atoms with Crippen LogP contribution in [0.4, 0.5) is 0 Å². The molecule has 0 aliphatic carbocycles. The first-order valence-corrected chi connectivity index (χ1v) is 15.6. The van der Waals surface area contributed by atoms with Gasteiger partial charge in [0.15, 0.2) is 5.96 Å². The predicted octanol–water partition coefficient (Wildman–Crippen LogP) is 3.71. The molecule has 1 fully saturated rings. The van der Waals surface area contributed by atoms with E-state index in [-0.39, 0.29) is 17.1 Å². The largest absolute Gasteiger partial charge is 0.370 e. The van der Waals surface area contributed by atoms with Crippen LogP contribution in [0.2, 0.25) is 0 Å². The fourth-order valence-electron chi connectivity index (χ4n) is 5.22. The van der Waals surface area contributed by atoms with Crippen molar-refractivity contribution in [3.05, 3.63) is 58.3 Å². The number of guanidine groups is 1. The molecule has 3 aromatic rings. The van der Waals surface area contributed by atoms with Gasteiger partial charge in [-0.2, -0.15) is 4.98 Å². The highest BCUT2D eigenvalue weighted by atomic mass is 16.1. The molecule has 238 valence electrons. The maximum Gasteiger partial charge on any atom is 0.354 e. The number of nitrogens with one attached hydrogen (secondary N) is 2. The summed E-state index contributed by atoms with van der Waals surface area (Å²) in [6, 6.07) is 9.93. The Labute approximate surface area is 257 Å². The second-order valence-corrected chi connectivity index (χ2v) is 14.1. The van der Waals surface area contributed by atoms with Crippen LogP contribution < -0.4 is 28.2 Å². The second-order valence-electron chi connectivity index (χ2n) is 14.1. The average Bonchev–Trinajstić information content (AvgIpc) is 3.58. The average molecular weight is 594 g/mol. The molecule has 0 bridgehead atoms. The van der Waals surface area contributed by atoms with Crippen LogP contribution in [0, 0.1) is 17.3 Å². The lowest BCUT2D eigenvalue weighted by molar-refractivity contribution is 0.218. The maximum atomic E-state index is 12.5. The topological polar surface area (TPSA) is 156 Å². The van der Waals surface area contributed by atoms with E-state index in [9.17, 15) is 4.79 Å². The molecule has 1 aliphatic heterocycles. The van der Waals surface area contributed by atoms with Crippen molar-refractivity contribution in [2.45, 2.75) is 73.3 Å². The molecule has 2 aromatic heterocycles. The highest BCUT2D eigenvalue weighted by Gasteiger charge is 2.31. The van der Waals surface area contributed by atoms with Crippen molar-refractivity contribution in [3.63, 3.8) is 0 Å². The summed E-state index contributed by atoms with van der Waals surface area (Å²) < 4.78 is 1.58. The number of H-pyrrole nitrogens is 1. The van der Waals surface area contributed by atoms with Gasteiger partial charge in [0.05, 0.1) is 5.69 Å². The van der Waals surface area contributed by atoms with Crippen LogP contribution in [0.3, 0.4) is 0 Å². The monoisotopic (exact) mass is 593 g/mol. The van der Waals surface area contributed by atoms with Crippen molar-refractivity contribution in [1.29, 1.82) is 0 Å². The molecule has 3 heterocycles. The summed E-state index contributed by atoms with van der Waals surface area (Å²) in [6.07, 6.45) is 4.07. The van der Waals surface area contributed by atoms with Crippen molar-refractivity contribution < 1.29 is 0 Å². The van der Waals surface area contributed by atoms with Gasteiger partial charge in [0, 0.05) is 48.9 Å². The van der Waals surface area contributed by atoms with Gasteiger partial charge in [-0.1, -0.05) is 60.6 Å². The van der Waals surface area contributed by atoms with Gasteiger partial charge in [0.1, 0.15) is 5.65 Å². The predicted molar refractivity (Wildman–Crippen MR) is 180 cm³/mol. The molecule has 43 heavy (non-hydrogen) atoms. The minimum absolute atomic E-state index is 0.0352. The number of hydrogen-bond donors (Lipinski definition) is 5. The molecule has 4 rings (SSSR count). The lowest BCUT2D eigenvalue weighted by Crippen LogP contribution is -2.31. The Hall–Kier alpha value is -3.21. The molecule has 8 N–H and O–H groups in total. The number of nitrogens with two attached hydrogens (primary N) is 3. The number of rotatable bonds is 10. The summed E-state index contributed by atoms with van der Waals surface area (Å²) in [7, 11) is 0. The molecule has 10 nitrogen and oxygen atoms in total. The van der Waals surface area contributed by atoms with E-state index in [0.717, 1.165) is 54.3 Å². The van der Waals surface area contributed by atoms with Gasteiger partial charge in [-0.3, -0.25) is 9.56 Å². The molecule has 1 saturated heterocycles. The van der Waals surface area contributed by atoms with Crippen LogP contribution in [-0.2, 0) is 12.0 Å². The first-order chi connectivity index (χ1) is 20.2. The molecule has 0 amide bonds. The number of hydrogen-bond acceptors (Lipinski definition) is 6. The zero-order valence-electron chi connectivity index (χ0n) is 27.4. The van der Waals surface area contributed by atoms with Gasteiger partial charge < -0.3 is 32.4 Å². The quantitative estimate of drug-likeness (QED) is 0.136. The van der Waals surface area contributed by atoms with Crippen molar-refractivity contribution in [1.82, 2.24) is 24.8 Å². The van der Waals surface area contributed by atoms with Gasteiger partial charge in [0.25, 0.3) is 0 Å². The van der Waals surface area contributed by atoms with Crippen molar-refractivity contribution in [3.8, 4) is 5.69 Å². The zero-order valence-corrected chi connectivity index (χ0v) is 27.4. The number of nitrogens with zero attached hydrogens (tertiary/aromatic N) is 4. The minimum atomic E-state index is -0.301. The third-order valence-electron chi connectivity index (χ3n) is 8.14. The second kappa shape index (κ2) is 15.0. The molecule has 1 aromatic carbocycles. The number of benzene rings is 1. The Kier molecular flexibility index (Phi) is 12.0. The number of aliphatic imine (C=N–C) groups is 1. The third-order valence-corrected chi connectivity index (χ3v) is 8.14. The minimum Gasteiger partial charge on any atom is -0.370 e. The molecule has 0 saturated carbocycles. The van der Waals surface area contributed by atoms with Gasteiger partial charge >= 0.3 is 5.69 Å². The van der Waals surface area contributed by atoms with Crippen molar-refractivity contribution >= 4 is 17.0 Å². The van der Waals surface area contributed by atoms with E-state index in [1.165, 1.54) is 26.1 Å². The zero-order chi connectivity index (χ0) is 31.8. The molecule has 0 spiro atoms. The summed E-state index contributed by atoms with van der Waals surface area (Å²) in [5, 5.41) is 4.27. The van der Waals surface area contributed by atoms with Crippen LogP contribution in [0.5, 0.6) is 0 Å². The van der Waals surface area contributed by atoms with E-state index in [0.29, 0.717) is 23.5 Å². The molecule has 1 unspecified atom stereocenters. The van der Waals surface area contributed by atoms with E-state index in [4.69, 9.17) is 17.2 Å². The first kappa shape index (κ1) is 34.3. The number of fused-ring (bicyclic) bond motifs is 1. The van der Waals surface area contributed by atoms with E-state index < -0.39 is 0 Å². The first-order valence-electron chi connectivity index (χ1n) is 15.6. The van der Waals surface area contributed by atoms with Crippen LogP contribution in [0.25, 0.3) is 16.7 Å². The van der Waals surface area contributed by atoms with Gasteiger partial charge in [-0.15, -0.1) is 0 Å². The third kappa shape index (κ3) is 10.5. The fourth-order valence-corrected chi connectivity index (χ4v) is 5.22. The van der Waals surface area contributed by atoms with Gasteiger partial charge in [-0.25, -0.2) is 4.79 Å². The molecule has 2 atom stereocenters. The Morgan fingerprint density at radius 2 is 1.86 bits per heavy atom. The number of aromatic amines is 1. The highest BCUT2D eigenvalue weighted by Crippen LogP contribution is 2.33. The number of likely N-dealkylation sites (tertiary alicyclic amines) is 1. The fraction of sp³-hybridized carbons (Fsp3) is 0.606. The highest BCUT2D eigenvalue weighted by molar-refractivity contribution is 5.76. The van der Waals surface area contributed by atoms with Crippen molar-refractivity contribution in [2.24, 2.45) is 39.4 Å². The normalized spacial score (nSPS) is 16.6. The standard InChI is InChI=1S/C21H29N7O.C12H26N2/c1-21(2,3)17-11-15-13-28(20(29)27-18(15)26-17)16-7-5-14(6-8-16)12-24-9-4-10-25-19(22)23;1-10(7-13)8-14-6-5-11(9-14)12(2,3)4/h5-8,11,13,24H,4,9-10,12H2,1-3H3,(H4,22,23,25)(H,26,27,29);10-11H,5-9,13H2,1-4H3/t;10-,11?/m.0/s1. The van der Waals surface area contributed by atoms with Crippen LogP contribution >= 0.6 is 0 Å². The summed E-state index contributed by atoms with van der Waals surface area (Å²) in [5.74, 6) is 1.64. The molecular formula is C33H55N9O. The van der Waals surface area contributed by atoms with E-state index in [2.05, 4.69) is 79.7 Å². The van der Waals surface area contributed by atoms with Gasteiger partial charge in [-0.05, 0) is 73.5 Å². The van der Waals surface area contributed by atoms with Crippen LogP contribution in [0.1, 0.15) is 72.6 Å².